The first kappa shape index (κ1) is 11.2. The molecule has 0 rings (SSSR count). The van der Waals surface area contributed by atoms with Crippen molar-refractivity contribution < 1.29 is 5.21 Å². The Balaban J connectivity index is 3.95. The number of nitrogens with two attached hydrogens (primary N) is 1. The zero-order valence-electron chi connectivity index (χ0n) is 8.12. The van der Waals surface area contributed by atoms with Crippen LogP contribution < -0.4 is 5.73 Å². The van der Waals surface area contributed by atoms with Gasteiger partial charge >= 0.3 is 0 Å². The summed E-state index contributed by atoms with van der Waals surface area (Å²) in [5.41, 5.74) is 5.40. The van der Waals surface area contributed by atoms with Crippen molar-refractivity contribution in [2.75, 3.05) is 13.1 Å². The van der Waals surface area contributed by atoms with Crippen molar-refractivity contribution in [2.45, 2.75) is 33.2 Å². The predicted octanol–water partition coefficient (Wildman–Crippen LogP) is 0.853. The summed E-state index contributed by atoms with van der Waals surface area (Å²) in [6.45, 7) is 7.83. The van der Waals surface area contributed by atoms with Crippen molar-refractivity contribution in [1.29, 1.82) is 0 Å². The van der Waals surface area contributed by atoms with Crippen LogP contribution in [0.5, 0.6) is 0 Å². The summed E-state index contributed by atoms with van der Waals surface area (Å²) in [4.78, 5) is 2.16. The van der Waals surface area contributed by atoms with Crippen LogP contribution >= 0.6 is 0 Å². The quantitative estimate of drug-likeness (QED) is 0.280. The molecule has 0 spiro atoms. The van der Waals surface area contributed by atoms with Crippen LogP contribution in [0.4, 0.5) is 0 Å². The summed E-state index contributed by atoms with van der Waals surface area (Å²) in [5.74, 6) is 0.275. The Hall–Kier alpha value is -0.770. The van der Waals surface area contributed by atoms with Crippen molar-refractivity contribution in [3.8, 4) is 0 Å². The second-order valence-electron chi connectivity index (χ2n) is 3.16. The maximum atomic E-state index is 8.37. The fourth-order valence-corrected chi connectivity index (χ4v) is 1.05. The van der Waals surface area contributed by atoms with Crippen molar-refractivity contribution in [1.82, 2.24) is 4.90 Å². The van der Waals surface area contributed by atoms with Gasteiger partial charge in [0.2, 0.25) is 0 Å². The molecule has 0 saturated carbocycles. The Morgan fingerprint density at radius 2 is 2.17 bits per heavy atom. The van der Waals surface area contributed by atoms with E-state index in [0.717, 1.165) is 13.0 Å². The maximum absolute atomic E-state index is 8.37. The van der Waals surface area contributed by atoms with Gasteiger partial charge in [0.1, 0.15) is 0 Å². The number of oxime groups is 1. The van der Waals surface area contributed by atoms with Gasteiger partial charge in [0.25, 0.3) is 0 Å². The molecule has 0 aliphatic rings. The molecule has 3 N–H and O–H groups in total. The molecule has 0 aliphatic carbocycles. The van der Waals surface area contributed by atoms with Crippen LogP contribution in [-0.4, -0.2) is 35.1 Å². The second kappa shape index (κ2) is 5.83. The summed E-state index contributed by atoms with van der Waals surface area (Å²) in [6, 6.07) is 0.435. The van der Waals surface area contributed by atoms with Crippen LogP contribution in [0.25, 0.3) is 0 Å². The van der Waals surface area contributed by atoms with Crippen LogP contribution in [0, 0.1) is 0 Å². The molecule has 0 fully saturated rings. The fourth-order valence-electron chi connectivity index (χ4n) is 1.05. The number of hydrogen-bond donors (Lipinski definition) is 2. The molecule has 0 aromatic heterocycles. The molecule has 0 saturated heterocycles. The van der Waals surface area contributed by atoms with E-state index in [-0.39, 0.29) is 5.84 Å². The lowest BCUT2D eigenvalue weighted by Gasteiger charge is -2.24. The largest absolute Gasteiger partial charge is 0.409 e. The lowest BCUT2D eigenvalue weighted by Crippen LogP contribution is -2.39. The van der Waals surface area contributed by atoms with E-state index in [2.05, 4.69) is 30.8 Å². The predicted molar refractivity (Wildman–Crippen MR) is 50.4 cm³/mol. The van der Waals surface area contributed by atoms with Gasteiger partial charge in [0.15, 0.2) is 5.84 Å². The van der Waals surface area contributed by atoms with Crippen LogP contribution in [0.3, 0.4) is 0 Å². The Kier molecular flexibility index (Phi) is 5.45. The van der Waals surface area contributed by atoms with Gasteiger partial charge in [-0.1, -0.05) is 12.1 Å². The molecular formula is C8H19N3O. The third-order valence-electron chi connectivity index (χ3n) is 1.73. The standard InChI is InChI=1S/C8H19N3O/c1-4-5-11(7(2)3)6-8(9)10-12/h7,12H,4-6H2,1-3H3,(H2,9,10). The zero-order valence-corrected chi connectivity index (χ0v) is 8.12. The average Bonchev–Trinajstić information content (AvgIpc) is 2.03. The highest BCUT2D eigenvalue weighted by Gasteiger charge is 2.09. The van der Waals surface area contributed by atoms with Gasteiger partial charge in [-0.2, -0.15) is 0 Å². The normalized spacial score (nSPS) is 12.9. The smallest absolute Gasteiger partial charge is 0.153 e. The minimum Gasteiger partial charge on any atom is -0.409 e. The Bertz CT molecular complexity index is 145. The van der Waals surface area contributed by atoms with E-state index in [1.165, 1.54) is 0 Å². The van der Waals surface area contributed by atoms with Crippen LogP contribution in [0.15, 0.2) is 5.16 Å². The highest BCUT2D eigenvalue weighted by atomic mass is 16.4. The average molecular weight is 173 g/mol. The van der Waals surface area contributed by atoms with E-state index in [4.69, 9.17) is 10.9 Å². The summed E-state index contributed by atoms with van der Waals surface area (Å²) in [5, 5.41) is 11.3. The minimum atomic E-state index is 0.275. The van der Waals surface area contributed by atoms with Crippen LogP contribution in [0.2, 0.25) is 0 Å². The van der Waals surface area contributed by atoms with Gasteiger partial charge < -0.3 is 10.9 Å². The monoisotopic (exact) mass is 173 g/mol. The van der Waals surface area contributed by atoms with Crippen molar-refractivity contribution in [3.05, 3.63) is 0 Å². The number of amidine groups is 1. The highest BCUT2D eigenvalue weighted by Crippen LogP contribution is 1.98. The first-order valence-electron chi connectivity index (χ1n) is 4.32. The molecule has 0 bridgehead atoms. The molecule has 0 heterocycles. The van der Waals surface area contributed by atoms with E-state index in [1.54, 1.807) is 0 Å². The molecule has 0 aromatic carbocycles. The molecule has 4 heteroatoms. The molecule has 0 aliphatic heterocycles. The Labute approximate surface area is 74.0 Å². The topological polar surface area (TPSA) is 61.8 Å². The molecule has 0 aromatic rings. The lowest BCUT2D eigenvalue weighted by molar-refractivity contribution is 0.247. The van der Waals surface area contributed by atoms with Gasteiger partial charge in [-0.25, -0.2) is 0 Å². The van der Waals surface area contributed by atoms with E-state index in [9.17, 15) is 0 Å². The summed E-state index contributed by atoms with van der Waals surface area (Å²) in [6.07, 6.45) is 1.08. The molecule has 0 atom stereocenters. The second-order valence-corrected chi connectivity index (χ2v) is 3.16. The molecule has 4 nitrogen and oxygen atoms in total. The lowest BCUT2D eigenvalue weighted by atomic mass is 10.3. The number of nitrogens with zero attached hydrogens (tertiary/aromatic N) is 2. The van der Waals surface area contributed by atoms with Gasteiger partial charge in [-0.15, -0.1) is 0 Å². The van der Waals surface area contributed by atoms with Gasteiger partial charge in [-0.05, 0) is 26.8 Å². The minimum absolute atomic E-state index is 0.275. The Morgan fingerprint density at radius 3 is 2.50 bits per heavy atom. The van der Waals surface area contributed by atoms with Crippen molar-refractivity contribution in [2.24, 2.45) is 10.9 Å². The van der Waals surface area contributed by atoms with E-state index >= 15 is 0 Å². The summed E-state index contributed by atoms with van der Waals surface area (Å²) < 4.78 is 0. The first-order chi connectivity index (χ1) is 5.61. The van der Waals surface area contributed by atoms with Crippen molar-refractivity contribution >= 4 is 5.84 Å². The molecular weight excluding hydrogens is 154 g/mol. The van der Waals surface area contributed by atoms with Gasteiger partial charge in [0, 0.05) is 6.04 Å². The number of rotatable bonds is 5. The maximum Gasteiger partial charge on any atom is 0.153 e. The molecule has 0 unspecified atom stereocenters. The molecule has 12 heavy (non-hydrogen) atoms. The SMILES string of the molecule is CCCN(C/C(N)=N/O)C(C)C. The third-order valence-corrected chi connectivity index (χ3v) is 1.73. The van der Waals surface area contributed by atoms with Crippen LogP contribution in [-0.2, 0) is 0 Å². The zero-order chi connectivity index (χ0) is 9.56. The van der Waals surface area contributed by atoms with Gasteiger partial charge in [-0.3, -0.25) is 4.90 Å². The van der Waals surface area contributed by atoms with E-state index in [1.807, 2.05) is 0 Å². The van der Waals surface area contributed by atoms with E-state index < -0.39 is 0 Å². The fraction of sp³-hybridized carbons (Fsp3) is 0.875. The molecule has 0 amide bonds. The van der Waals surface area contributed by atoms with Crippen LogP contribution in [0.1, 0.15) is 27.2 Å². The third kappa shape index (κ3) is 4.18. The van der Waals surface area contributed by atoms with E-state index in [0.29, 0.717) is 12.6 Å². The number of hydrogen-bond acceptors (Lipinski definition) is 3. The van der Waals surface area contributed by atoms with Crippen molar-refractivity contribution in [3.63, 3.8) is 0 Å². The summed E-state index contributed by atoms with van der Waals surface area (Å²) >= 11 is 0. The summed E-state index contributed by atoms with van der Waals surface area (Å²) in [7, 11) is 0. The first-order valence-corrected chi connectivity index (χ1v) is 4.32. The highest BCUT2D eigenvalue weighted by molar-refractivity contribution is 5.81. The Morgan fingerprint density at radius 1 is 1.58 bits per heavy atom. The van der Waals surface area contributed by atoms with Gasteiger partial charge in [0.05, 0.1) is 6.54 Å². The molecule has 72 valence electrons. The molecule has 0 radical (unpaired) electrons.